The van der Waals surface area contributed by atoms with Gasteiger partial charge in [-0.1, -0.05) is 30.4 Å². The van der Waals surface area contributed by atoms with E-state index in [1.165, 1.54) is 0 Å². The van der Waals surface area contributed by atoms with Crippen molar-refractivity contribution in [2.75, 3.05) is 33.8 Å². The number of ether oxygens (including phenoxy) is 1. The SMILES string of the molecule is CNC(=O)C[C@H]1C(=O)NCCN1C/C=C/c1ccccc1OC. The fraction of sp³-hybridized carbons (Fsp3) is 0.412. The Kier molecular flexibility index (Phi) is 6.17. The predicted molar refractivity (Wildman–Crippen MR) is 89.1 cm³/mol. The van der Waals surface area contributed by atoms with Crippen LogP contribution in [0.2, 0.25) is 0 Å². The molecule has 0 aromatic heterocycles. The van der Waals surface area contributed by atoms with Crippen LogP contribution in [0.1, 0.15) is 12.0 Å². The molecule has 2 rings (SSSR count). The first-order valence-corrected chi connectivity index (χ1v) is 7.67. The van der Waals surface area contributed by atoms with Gasteiger partial charge in [0.05, 0.1) is 19.6 Å². The topological polar surface area (TPSA) is 70.7 Å². The lowest BCUT2D eigenvalue weighted by Crippen LogP contribution is -2.56. The molecule has 0 spiro atoms. The average molecular weight is 317 g/mol. The maximum atomic E-state index is 12.0. The summed E-state index contributed by atoms with van der Waals surface area (Å²) >= 11 is 0. The lowest BCUT2D eigenvalue weighted by Gasteiger charge is -2.33. The number of nitrogens with zero attached hydrogens (tertiary/aromatic N) is 1. The van der Waals surface area contributed by atoms with Gasteiger partial charge in [-0.3, -0.25) is 14.5 Å². The van der Waals surface area contributed by atoms with E-state index in [2.05, 4.69) is 10.6 Å². The highest BCUT2D eigenvalue weighted by atomic mass is 16.5. The number of amides is 2. The number of rotatable bonds is 6. The standard InChI is InChI=1S/C17H23N3O3/c1-18-16(21)12-14-17(22)19-9-11-20(14)10-5-7-13-6-3-4-8-15(13)23-2/h3-8,14H,9-12H2,1-2H3,(H,18,21)(H,19,22)/b7-5+/t14-/m0/s1. The minimum atomic E-state index is -0.425. The lowest BCUT2D eigenvalue weighted by atomic mass is 10.1. The Morgan fingerprint density at radius 2 is 2.26 bits per heavy atom. The van der Waals surface area contributed by atoms with Crippen LogP contribution in [0.15, 0.2) is 30.3 Å². The summed E-state index contributed by atoms with van der Waals surface area (Å²) in [6, 6.07) is 7.32. The summed E-state index contributed by atoms with van der Waals surface area (Å²) < 4.78 is 5.31. The van der Waals surface area contributed by atoms with Gasteiger partial charge in [-0.2, -0.15) is 0 Å². The summed E-state index contributed by atoms with van der Waals surface area (Å²) in [6.45, 7) is 1.93. The Bertz CT molecular complexity index is 586. The van der Waals surface area contributed by atoms with E-state index >= 15 is 0 Å². The van der Waals surface area contributed by atoms with Gasteiger partial charge in [0, 0.05) is 32.2 Å². The van der Waals surface area contributed by atoms with Crippen LogP contribution in [0.25, 0.3) is 6.08 Å². The Hall–Kier alpha value is -2.34. The molecule has 1 atom stereocenters. The average Bonchev–Trinajstić information content (AvgIpc) is 2.58. The molecule has 6 heteroatoms. The maximum absolute atomic E-state index is 12.0. The zero-order chi connectivity index (χ0) is 16.7. The number of hydrogen-bond donors (Lipinski definition) is 2. The van der Waals surface area contributed by atoms with Crippen molar-refractivity contribution in [2.24, 2.45) is 0 Å². The van der Waals surface area contributed by atoms with Crippen LogP contribution in [-0.4, -0.2) is 56.5 Å². The van der Waals surface area contributed by atoms with Crippen LogP contribution in [0.5, 0.6) is 5.75 Å². The zero-order valence-corrected chi connectivity index (χ0v) is 13.5. The Balaban J connectivity index is 2.03. The molecule has 6 nitrogen and oxygen atoms in total. The van der Waals surface area contributed by atoms with Crippen molar-refractivity contribution in [2.45, 2.75) is 12.5 Å². The van der Waals surface area contributed by atoms with Crippen LogP contribution in [0.4, 0.5) is 0 Å². The molecule has 0 aliphatic carbocycles. The number of carbonyl (C=O) groups excluding carboxylic acids is 2. The predicted octanol–water partition coefficient (Wildman–Crippen LogP) is 0.645. The van der Waals surface area contributed by atoms with E-state index < -0.39 is 6.04 Å². The maximum Gasteiger partial charge on any atom is 0.237 e. The van der Waals surface area contributed by atoms with Gasteiger partial charge in [-0.25, -0.2) is 0 Å². The molecule has 124 valence electrons. The number of benzene rings is 1. The van der Waals surface area contributed by atoms with Crippen molar-refractivity contribution in [1.82, 2.24) is 15.5 Å². The van der Waals surface area contributed by atoms with Crippen molar-refractivity contribution in [3.05, 3.63) is 35.9 Å². The van der Waals surface area contributed by atoms with Crippen LogP contribution < -0.4 is 15.4 Å². The number of methoxy groups -OCH3 is 1. The lowest BCUT2D eigenvalue weighted by molar-refractivity contribution is -0.133. The van der Waals surface area contributed by atoms with Gasteiger partial charge >= 0.3 is 0 Å². The van der Waals surface area contributed by atoms with Crippen LogP contribution >= 0.6 is 0 Å². The molecular weight excluding hydrogens is 294 g/mol. The minimum absolute atomic E-state index is 0.0921. The van der Waals surface area contributed by atoms with Gasteiger partial charge in [-0.15, -0.1) is 0 Å². The van der Waals surface area contributed by atoms with Gasteiger partial charge in [-0.05, 0) is 6.07 Å². The molecule has 0 saturated carbocycles. The largest absolute Gasteiger partial charge is 0.496 e. The molecule has 1 fully saturated rings. The number of para-hydroxylation sites is 1. The Morgan fingerprint density at radius 3 is 3.00 bits per heavy atom. The first-order chi connectivity index (χ1) is 11.2. The highest BCUT2D eigenvalue weighted by molar-refractivity contribution is 5.88. The fourth-order valence-electron chi connectivity index (χ4n) is 2.60. The van der Waals surface area contributed by atoms with Crippen LogP contribution in [0.3, 0.4) is 0 Å². The van der Waals surface area contributed by atoms with Crippen molar-refractivity contribution < 1.29 is 14.3 Å². The third-order valence-electron chi connectivity index (χ3n) is 3.88. The van der Waals surface area contributed by atoms with Crippen molar-refractivity contribution >= 4 is 17.9 Å². The monoisotopic (exact) mass is 317 g/mol. The van der Waals surface area contributed by atoms with E-state index in [1.54, 1.807) is 14.2 Å². The number of piperazine rings is 1. The highest BCUT2D eigenvalue weighted by Crippen LogP contribution is 2.19. The summed E-state index contributed by atoms with van der Waals surface area (Å²) in [7, 11) is 3.22. The molecule has 1 aromatic carbocycles. The summed E-state index contributed by atoms with van der Waals surface area (Å²) in [4.78, 5) is 25.6. The molecule has 0 bridgehead atoms. The number of nitrogens with one attached hydrogen (secondary N) is 2. The van der Waals surface area contributed by atoms with Gasteiger partial charge in [0.15, 0.2) is 0 Å². The van der Waals surface area contributed by atoms with Crippen LogP contribution in [0, 0.1) is 0 Å². The fourth-order valence-corrected chi connectivity index (χ4v) is 2.60. The summed E-state index contributed by atoms with van der Waals surface area (Å²) in [6.07, 6.45) is 4.14. The first-order valence-electron chi connectivity index (χ1n) is 7.67. The Labute approximate surface area is 136 Å². The molecule has 2 N–H and O–H groups in total. The van der Waals surface area contributed by atoms with Gasteiger partial charge < -0.3 is 15.4 Å². The molecule has 1 aromatic rings. The molecule has 1 heterocycles. The second-order valence-corrected chi connectivity index (χ2v) is 5.32. The third-order valence-corrected chi connectivity index (χ3v) is 3.88. The second-order valence-electron chi connectivity index (χ2n) is 5.32. The van der Waals surface area contributed by atoms with E-state index in [0.717, 1.165) is 17.9 Å². The minimum Gasteiger partial charge on any atom is -0.496 e. The highest BCUT2D eigenvalue weighted by Gasteiger charge is 2.30. The third kappa shape index (κ3) is 4.56. The molecule has 0 radical (unpaired) electrons. The van der Waals surface area contributed by atoms with E-state index in [9.17, 15) is 9.59 Å². The normalized spacial score (nSPS) is 18.7. The van der Waals surface area contributed by atoms with Crippen molar-refractivity contribution in [1.29, 1.82) is 0 Å². The van der Waals surface area contributed by atoms with E-state index in [4.69, 9.17) is 4.74 Å². The first kappa shape index (κ1) is 17.0. The van der Waals surface area contributed by atoms with Gasteiger partial charge in [0.1, 0.15) is 5.75 Å². The quantitative estimate of drug-likeness (QED) is 0.808. The molecule has 1 saturated heterocycles. The molecule has 2 amide bonds. The molecule has 1 aliphatic heterocycles. The van der Waals surface area contributed by atoms with Gasteiger partial charge in [0.2, 0.25) is 11.8 Å². The number of carbonyl (C=O) groups is 2. The van der Waals surface area contributed by atoms with E-state index in [1.807, 2.05) is 41.3 Å². The zero-order valence-electron chi connectivity index (χ0n) is 13.5. The molecular formula is C17H23N3O3. The van der Waals surface area contributed by atoms with Crippen molar-refractivity contribution in [3.8, 4) is 5.75 Å². The van der Waals surface area contributed by atoms with Gasteiger partial charge in [0.25, 0.3) is 0 Å². The van der Waals surface area contributed by atoms with Crippen LogP contribution in [-0.2, 0) is 9.59 Å². The summed E-state index contributed by atoms with van der Waals surface area (Å²) in [5.74, 6) is 0.582. The molecule has 23 heavy (non-hydrogen) atoms. The second kappa shape index (κ2) is 8.33. The molecule has 0 unspecified atom stereocenters. The smallest absolute Gasteiger partial charge is 0.237 e. The molecule has 1 aliphatic rings. The Morgan fingerprint density at radius 1 is 1.48 bits per heavy atom. The summed E-state index contributed by atoms with van der Waals surface area (Å²) in [5, 5.41) is 5.38. The van der Waals surface area contributed by atoms with Crippen molar-refractivity contribution in [3.63, 3.8) is 0 Å². The van der Waals surface area contributed by atoms with E-state index in [0.29, 0.717) is 13.1 Å². The number of hydrogen-bond acceptors (Lipinski definition) is 4. The van der Waals surface area contributed by atoms with E-state index in [-0.39, 0.29) is 18.2 Å². The summed E-state index contributed by atoms with van der Waals surface area (Å²) in [5.41, 5.74) is 0.985.